The number of hydrogen-bond acceptors (Lipinski definition) is 5. The largest absolute Gasteiger partial charge is 0.333 e. The summed E-state index contributed by atoms with van der Waals surface area (Å²) in [5.74, 6) is 0.540. The fraction of sp³-hybridized carbons (Fsp3) is 0.591. The molecule has 2 aliphatic heterocycles. The molecule has 0 aliphatic carbocycles. The van der Waals surface area contributed by atoms with Gasteiger partial charge in [-0.15, -0.1) is 5.10 Å². The van der Waals surface area contributed by atoms with Gasteiger partial charge < -0.3 is 10.6 Å². The lowest BCUT2D eigenvalue weighted by atomic mass is 9.66. The first kappa shape index (κ1) is 20.0. The first-order valence-electron chi connectivity index (χ1n) is 10.7. The summed E-state index contributed by atoms with van der Waals surface area (Å²) in [6.07, 6.45) is 3.98. The fourth-order valence-electron chi connectivity index (χ4n) is 5.08. The predicted molar refractivity (Wildman–Crippen MR) is 112 cm³/mol. The molecule has 0 bridgehead atoms. The molecular weight excluding hydrogens is 364 g/mol. The van der Waals surface area contributed by atoms with E-state index in [0.717, 1.165) is 39.0 Å². The van der Waals surface area contributed by atoms with Crippen molar-refractivity contribution in [2.75, 3.05) is 26.2 Å². The Morgan fingerprint density at radius 3 is 2.59 bits per heavy atom. The predicted octanol–water partition coefficient (Wildman–Crippen LogP) is 2.00. The van der Waals surface area contributed by atoms with Crippen molar-refractivity contribution in [2.24, 2.45) is 17.1 Å². The van der Waals surface area contributed by atoms with E-state index < -0.39 is 0 Å². The highest BCUT2D eigenvalue weighted by Gasteiger charge is 2.52. The van der Waals surface area contributed by atoms with Crippen molar-refractivity contribution >= 4 is 5.91 Å². The Kier molecular flexibility index (Phi) is 5.69. The van der Waals surface area contributed by atoms with Gasteiger partial charge in [0.1, 0.15) is 0 Å². The number of nitrogens with zero attached hydrogens (tertiary/aromatic N) is 5. The van der Waals surface area contributed by atoms with Crippen molar-refractivity contribution in [2.45, 2.75) is 45.8 Å². The standard InChI is InChI=1S/C22H32N6O/c1-22(2)16-28(21(29)19-15-27(13-10-23)25-24-19)20(22)18-8-11-26(12-9-18)14-17-6-4-3-5-7-17/h3-7,15,18,20H,8-14,16,23H2,1-2H3. The Morgan fingerprint density at radius 2 is 1.93 bits per heavy atom. The zero-order valence-corrected chi connectivity index (χ0v) is 17.5. The number of benzene rings is 1. The smallest absolute Gasteiger partial charge is 0.276 e. The molecular formula is C22H32N6O. The summed E-state index contributed by atoms with van der Waals surface area (Å²) in [6.45, 7) is 9.58. The molecule has 0 spiro atoms. The first-order valence-corrected chi connectivity index (χ1v) is 10.7. The van der Waals surface area contributed by atoms with Gasteiger partial charge in [0.05, 0.1) is 12.7 Å². The number of nitrogens with two attached hydrogens (primary N) is 1. The van der Waals surface area contributed by atoms with Crippen LogP contribution in [-0.2, 0) is 13.1 Å². The highest BCUT2D eigenvalue weighted by molar-refractivity contribution is 5.93. The van der Waals surface area contributed by atoms with Gasteiger partial charge in [-0.2, -0.15) is 0 Å². The average Bonchev–Trinajstić information content (AvgIpc) is 3.17. The van der Waals surface area contributed by atoms with Crippen LogP contribution in [0.5, 0.6) is 0 Å². The average molecular weight is 397 g/mol. The van der Waals surface area contributed by atoms with Crippen molar-refractivity contribution in [1.29, 1.82) is 0 Å². The number of rotatable bonds is 6. The lowest BCUT2D eigenvalue weighted by Crippen LogP contribution is -2.67. The van der Waals surface area contributed by atoms with Gasteiger partial charge >= 0.3 is 0 Å². The van der Waals surface area contributed by atoms with Crippen LogP contribution in [0.15, 0.2) is 36.5 Å². The summed E-state index contributed by atoms with van der Waals surface area (Å²) in [5.41, 5.74) is 7.52. The second-order valence-electron chi connectivity index (χ2n) is 9.12. The third-order valence-corrected chi connectivity index (χ3v) is 6.42. The zero-order chi connectivity index (χ0) is 20.4. The summed E-state index contributed by atoms with van der Waals surface area (Å²) < 4.78 is 1.65. The van der Waals surface area contributed by atoms with E-state index in [9.17, 15) is 4.79 Å². The van der Waals surface area contributed by atoms with Crippen molar-refractivity contribution in [1.82, 2.24) is 24.8 Å². The van der Waals surface area contributed by atoms with Gasteiger partial charge in [0, 0.05) is 31.1 Å². The van der Waals surface area contributed by atoms with Crippen LogP contribution in [-0.4, -0.2) is 62.9 Å². The Balaban J connectivity index is 1.38. The Labute approximate surface area is 172 Å². The molecule has 0 radical (unpaired) electrons. The Hall–Kier alpha value is -2.25. The molecule has 7 heteroatoms. The monoisotopic (exact) mass is 396 g/mol. The summed E-state index contributed by atoms with van der Waals surface area (Å²) in [4.78, 5) is 17.6. The molecule has 0 saturated carbocycles. The van der Waals surface area contributed by atoms with Gasteiger partial charge in [-0.05, 0) is 37.4 Å². The fourth-order valence-corrected chi connectivity index (χ4v) is 5.08. The number of piperidine rings is 1. The number of carbonyl (C=O) groups is 1. The van der Waals surface area contributed by atoms with Gasteiger partial charge in [0.15, 0.2) is 5.69 Å². The molecule has 2 fully saturated rings. The van der Waals surface area contributed by atoms with Gasteiger partial charge in [0.25, 0.3) is 5.91 Å². The van der Waals surface area contributed by atoms with Crippen LogP contribution in [0, 0.1) is 11.3 Å². The zero-order valence-electron chi connectivity index (χ0n) is 17.5. The topological polar surface area (TPSA) is 80.3 Å². The molecule has 2 N–H and O–H groups in total. The maximum atomic E-state index is 13.1. The van der Waals surface area contributed by atoms with E-state index >= 15 is 0 Å². The number of carbonyl (C=O) groups excluding carboxylic acids is 1. The van der Waals surface area contributed by atoms with Crippen molar-refractivity contribution in [3.63, 3.8) is 0 Å². The van der Waals surface area contributed by atoms with Crippen LogP contribution in [0.2, 0.25) is 0 Å². The normalized spacial score (nSPS) is 22.4. The van der Waals surface area contributed by atoms with Gasteiger partial charge in [-0.3, -0.25) is 14.4 Å². The summed E-state index contributed by atoms with van der Waals surface area (Å²) in [7, 11) is 0. The van der Waals surface area contributed by atoms with E-state index in [1.165, 1.54) is 5.56 Å². The number of hydrogen-bond donors (Lipinski definition) is 1. The molecule has 29 heavy (non-hydrogen) atoms. The maximum absolute atomic E-state index is 13.1. The Bertz CT molecular complexity index is 825. The third kappa shape index (κ3) is 4.21. The van der Waals surface area contributed by atoms with Gasteiger partial charge in [-0.1, -0.05) is 49.4 Å². The second kappa shape index (κ2) is 8.24. The van der Waals surface area contributed by atoms with Crippen molar-refractivity contribution in [3.8, 4) is 0 Å². The number of likely N-dealkylation sites (tertiary alicyclic amines) is 2. The van der Waals surface area contributed by atoms with E-state index in [-0.39, 0.29) is 17.4 Å². The highest BCUT2D eigenvalue weighted by atomic mass is 16.2. The summed E-state index contributed by atoms with van der Waals surface area (Å²) in [5, 5.41) is 8.11. The highest BCUT2D eigenvalue weighted by Crippen LogP contribution is 2.45. The summed E-state index contributed by atoms with van der Waals surface area (Å²) >= 11 is 0. The van der Waals surface area contributed by atoms with Crippen LogP contribution in [0.25, 0.3) is 0 Å². The molecule has 1 unspecified atom stereocenters. The van der Waals surface area contributed by atoms with Crippen LogP contribution in [0.3, 0.4) is 0 Å². The van der Waals surface area contributed by atoms with E-state index in [2.05, 4.69) is 59.4 Å². The molecule has 1 atom stereocenters. The lowest BCUT2D eigenvalue weighted by molar-refractivity contribution is -0.0717. The van der Waals surface area contributed by atoms with Crippen LogP contribution in [0.1, 0.15) is 42.7 Å². The minimum atomic E-state index is 0.00399. The van der Waals surface area contributed by atoms with E-state index in [4.69, 9.17) is 5.73 Å². The van der Waals surface area contributed by atoms with Crippen LogP contribution in [0.4, 0.5) is 0 Å². The molecule has 7 nitrogen and oxygen atoms in total. The lowest BCUT2D eigenvalue weighted by Gasteiger charge is -2.58. The van der Waals surface area contributed by atoms with Gasteiger partial charge in [0.2, 0.25) is 0 Å². The third-order valence-electron chi connectivity index (χ3n) is 6.42. The first-order chi connectivity index (χ1) is 14.0. The minimum Gasteiger partial charge on any atom is -0.333 e. The van der Waals surface area contributed by atoms with Crippen molar-refractivity contribution < 1.29 is 4.79 Å². The molecule has 2 saturated heterocycles. The molecule has 2 aromatic rings. The number of aromatic nitrogens is 3. The van der Waals surface area contributed by atoms with Gasteiger partial charge in [-0.25, -0.2) is 0 Å². The molecule has 156 valence electrons. The van der Waals surface area contributed by atoms with E-state index in [1.807, 2.05) is 4.90 Å². The maximum Gasteiger partial charge on any atom is 0.276 e. The van der Waals surface area contributed by atoms with E-state index in [0.29, 0.717) is 24.7 Å². The minimum absolute atomic E-state index is 0.00399. The quantitative estimate of drug-likeness (QED) is 0.808. The molecule has 1 aromatic carbocycles. The van der Waals surface area contributed by atoms with Crippen LogP contribution < -0.4 is 5.73 Å². The second-order valence-corrected chi connectivity index (χ2v) is 9.12. The molecule has 2 aliphatic rings. The molecule has 3 heterocycles. The molecule has 1 amide bonds. The molecule has 4 rings (SSSR count). The van der Waals surface area contributed by atoms with E-state index in [1.54, 1.807) is 10.9 Å². The summed E-state index contributed by atoms with van der Waals surface area (Å²) in [6, 6.07) is 10.9. The Morgan fingerprint density at radius 1 is 1.21 bits per heavy atom. The van der Waals surface area contributed by atoms with Crippen LogP contribution >= 0.6 is 0 Å². The molecule has 1 aromatic heterocycles. The van der Waals surface area contributed by atoms with Crippen molar-refractivity contribution in [3.05, 3.63) is 47.8 Å². The number of amides is 1. The SMILES string of the molecule is CC1(C)CN(C(=O)c2cn(CCN)nn2)C1C1CCN(Cc2ccccc2)CC1.